The maximum absolute atomic E-state index is 13.8. The molecule has 0 aliphatic carbocycles. The summed E-state index contributed by atoms with van der Waals surface area (Å²) in [6, 6.07) is 5.73. The van der Waals surface area contributed by atoms with E-state index >= 15 is 0 Å². The fraction of sp³-hybridized carbons (Fsp3) is 0.727. The first-order valence-corrected chi connectivity index (χ1v) is 16.0. The van der Waals surface area contributed by atoms with Crippen LogP contribution >= 0.6 is 0 Å². The van der Waals surface area contributed by atoms with Crippen LogP contribution in [-0.4, -0.2) is 115 Å². The van der Waals surface area contributed by atoms with Gasteiger partial charge in [-0.2, -0.15) is 0 Å². The van der Waals surface area contributed by atoms with Crippen LogP contribution in [0.1, 0.15) is 76.3 Å². The number of rotatable bonds is 15. The molecule has 42 heavy (non-hydrogen) atoms. The van der Waals surface area contributed by atoms with Crippen molar-refractivity contribution in [2.75, 3.05) is 66.5 Å². The molecule has 9 heteroatoms. The van der Waals surface area contributed by atoms with E-state index < -0.39 is 11.9 Å². The number of carboxylic acids is 1. The number of aliphatic carboxylic acids is 1. The second kappa shape index (κ2) is 14.2. The van der Waals surface area contributed by atoms with Crippen molar-refractivity contribution in [1.82, 2.24) is 19.6 Å². The van der Waals surface area contributed by atoms with Gasteiger partial charge in [-0.25, -0.2) is 0 Å². The number of carboxylic acid groups (broad SMARTS) is 1. The fourth-order valence-corrected chi connectivity index (χ4v) is 6.89. The molecule has 0 saturated carbocycles. The third-order valence-corrected chi connectivity index (χ3v) is 9.50. The van der Waals surface area contributed by atoms with Gasteiger partial charge in [0.05, 0.1) is 19.1 Å². The van der Waals surface area contributed by atoms with E-state index in [4.69, 9.17) is 4.74 Å². The van der Waals surface area contributed by atoms with Gasteiger partial charge in [-0.15, -0.1) is 0 Å². The SMILES string of the molecule is CCCCN(CCCCN(C)C)C(=O)CN1C[C@H](c2ccc3c(c2)CCO3)C(C(=O)O)[C@@H]1CCN1CCC(C)(C)C1=O. The lowest BCUT2D eigenvalue weighted by Gasteiger charge is -2.31. The number of carbonyl (C=O) groups excluding carboxylic acids is 2. The topological polar surface area (TPSA) is 93.6 Å². The molecule has 3 heterocycles. The predicted molar refractivity (Wildman–Crippen MR) is 164 cm³/mol. The van der Waals surface area contributed by atoms with Gasteiger partial charge in [0.2, 0.25) is 11.8 Å². The quantitative estimate of drug-likeness (QED) is 0.314. The lowest BCUT2D eigenvalue weighted by atomic mass is 9.83. The summed E-state index contributed by atoms with van der Waals surface area (Å²) in [4.78, 5) is 47.8. The number of amides is 2. The summed E-state index contributed by atoms with van der Waals surface area (Å²) in [6.45, 7) is 11.1. The van der Waals surface area contributed by atoms with Gasteiger partial charge in [-0.3, -0.25) is 19.3 Å². The van der Waals surface area contributed by atoms with Crippen LogP contribution in [-0.2, 0) is 20.8 Å². The Labute approximate surface area is 252 Å². The molecule has 1 unspecified atom stereocenters. The van der Waals surface area contributed by atoms with Crippen molar-refractivity contribution in [2.45, 2.75) is 77.7 Å². The Hall–Kier alpha value is -2.65. The van der Waals surface area contributed by atoms with Crippen LogP contribution in [0, 0.1) is 11.3 Å². The van der Waals surface area contributed by atoms with Crippen molar-refractivity contribution in [2.24, 2.45) is 11.3 Å². The lowest BCUT2D eigenvalue weighted by molar-refractivity contribution is -0.144. The van der Waals surface area contributed by atoms with Gasteiger partial charge in [-0.05, 0) is 69.9 Å². The zero-order valence-corrected chi connectivity index (χ0v) is 26.4. The highest BCUT2D eigenvalue weighted by atomic mass is 16.5. The largest absolute Gasteiger partial charge is 0.493 e. The Morgan fingerprint density at radius 1 is 1.12 bits per heavy atom. The molecule has 0 bridgehead atoms. The molecule has 0 aromatic heterocycles. The summed E-state index contributed by atoms with van der Waals surface area (Å²) in [7, 11) is 4.13. The molecule has 1 N–H and O–H groups in total. The Balaban J connectivity index is 1.54. The Morgan fingerprint density at radius 2 is 1.86 bits per heavy atom. The van der Waals surface area contributed by atoms with E-state index in [1.54, 1.807) is 0 Å². The predicted octanol–water partition coefficient (Wildman–Crippen LogP) is 3.71. The van der Waals surface area contributed by atoms with Crippen LogP contribution in [0.25, 0.3) is 0 Å². The van der Waals surface area contributed by atoms with Crippen LogP contribution in [0.15, 0.2) is 18.2 Å². The maximum atomic E-state index is 13.8. The Morgan fingerprint density at radius 3 is 2.52 bits per heavy atom. The minimum atomic E-state index is -0.837. The molecule has 0 spiro atoms. The Kier molecular flexibility index (Phi) is 10.9. The summed E-state index contributed by atoms with van der Waals surface area (Å²) in [5, 5.41) is 10.6. The smallest absolute Gasteiger partial charge is 0.308 e. The van der Waals surface area contributed by atoms with E-state index in [0.29, 0.717) is 32.7 Å². The zero-order chi connectivity index (χ0) is 30.4. The monoisotopic (exact) mass is 584 g/mol. The summed E-state index contributed by atoms with van der Waals surface area (Å²) >= 11 is 0. The van der Waals surface area contributed by atoms with Crippen molar-refractivity contribution in [3.63, 3.8) is 0 Å². The summed E-state index contributed by atoms with van der Waals surface area (Å²) in [5.74, 6) is -0.647. The Bertz CT molecular complexity index is 1110. The van der Waals surface area contributed by atoms with E-state index in [1.165, 1.54) is 0 Å². The maximum Gasteiger partial charge on any atom is 0.308 e. The van der Waals surface area contributed by atoms with Gasteiger partial charge in [-0.1, -0.05) is 39.3 Å². The highest BCUT2D eigenvalue weighted by molar-refractivity contribution is 5.84. The standard InChI is InChI=1S/C33H52N4O5/c1-6-7-16-35(17-9-8-15-34(4)5)29(38)23-37-22-26(24-10-11-28-25(21-24)13-20-42-28)30(31(39)40)27(37)12-18-36-19-14-33(2,3)32(36)41/h10-11,21,26-27,30H,6-9,12-20,22-23H2,1-5H3,(H,39,40)/t26-,27+,30?/m1/s1. The zero-order valence-electron chi connectivity index (χ0n) is 26.4. The average Bonchev–Trinajstić information content (AvgIpc) is 3.62. The number of hydrogen-bond acceptors (Lipinski definition) is 6. The molecule has 3 atom stereocenters. The molecule has 2 fully saturated rings. The first-order chi connectivity index (χ1) is 20.0. The van der Waals surface area contributed by atoms with E-state index in [9.17, 15) is 19.5 Å². The number of fused-ring (bicyclic) bond motifs is 1. The minimum absolute atomic E-state index is 0.0730. The summed E-state index contributed by atoms with van der Waals surface area (Å²) in [5.41, 5.74) is 1.74. The van der Waals surface area contributed by atoms with Gasteiger partial charge in [0.1, 0.15) is 5.75 Å². The number of nitrogens with zero attached hydrogens (tertiary/aromatic N) is 4. The first-order valence-electron chi connectivity index (χ1n) is 16.0. The molecule has 234 valence electrons. The average molecular weight is 585 g/mol. The van der Waals surface area contributed by atoms with E-state index in [-0.39, 0.29) is 35.7 Å². The summed E-state index contributed by atoms with van der Waals surface area (Å²) < 4.78 is 5.70. The fourth-order valence-electron chi connectivity index (χ4n) is 6.89. The molecule has 0 radical (unpaired) electrons. The molecule has 1 aromatic rings. The molecule has 3 aliphatic heterocycles. The molecule has 2 amide bonds. The van der Waals surface area contributed by atoms with E-state index in [1.807, 2.05) is 35.8 Å². The molecular formula is C33H52N4O5. The van der Waals surface area contributed by atoms with Gasteiger partial charge in [0.15, 0.2) is 0 Å². The third-order valence-electron chi connectivity index (χ3n) is 9.50. The van der Waals surface area contributed by atoms with Gasteiger partial charge in [0, 0.05) is 56.5 Å². The number of likely N-dealkylation sites (tertiary alicyclic amines) is 2. The second-order valence-electron chi connectivity index (χ2n) is 13.4. The van der Waals surface area contributed by atoms with Crippen LogP contribution in [0.5, 0.6) is 5.75 Å². The second-order valence-corrected chi connectivity index (χ2v) is 13.4. The molecule has 4 rings (SSSR count). The normalized spacial score (nSPS) is 23.4. The number of benzene rings is 1. The van der Waals surface area contributed by atoms with Crippen molar-refractivity contribution in [3.05, 3.63) is 29.3 Å². The molecule has 2 saturated heterocycles. The van der Waals surface area contributed by atoms with Crippen molar-refractivity contribution in [3.8, 4) is 5.75 Å². The first kappa shape index (κ1) is 32.3. The van der Waals surface area contributed by atoms with Crippen LogP contribution in [0.2, 0.25) is 0 Å². The van der Waals surface area contributed by atoms with E-state index in [0.717, 1.165) is 75.0 Å². The van der Waals surface area contributed by atoms with Crippen LogP contribution < -0.4 is 4.74 Å². The van der Waals surface area contributed by atoms with Crippen molar-refractivity contribution in [1.29, 1.82) is 0 Å². The van der Waals surface area contributed by atoms with E-state index in [2.05, 4.69) is 36.9 Å². The number of unbranched alkanes of at least 4 members (excludes halogenated alkanes) is 2. The van der Waals surface area contributed by atoms with Crippen LogP contribution in [0.4, 0.5) is 0 Å². The molecule has 9 nitrogen and oxygen atoms in total. The highest BCUT2D eigenvalue weighted by Crippen LogP contribution is 2.41. The molecule has 3 aliphatic rings. The van der Waals surface area contributed by atoms with Crippen molar-refractivity contribution >= 4 is 17.8 Å². The van der Waals surface area contributed by atoms with Crippen LogP contribution in [0.3, 0.4) is 0 Å². The number of ether oxygens (including phenoxy) is 1. The summed E-state index contributed by atoms with van der Waals surface area (Å²) in [6.07, 6.45) is 6.11. The lowest BCUT2D eigenvalue weighted by Crippen LogP contribution is -2.46. The number of hydrogen-bond donors (Lipinski definition) is 1. The third kappa shape index (κ3) is 7.64. The van der Waals surface area contributed by atoms with Gasteiger partial charge in [0.25, 0.3) is 0 Å². The molecular weight excluding hydrogens is 532 g/mol. The highest BCUT2D eigenvalue weighted by Gasteiger charge is 2.48. The number of carbonyl (C=O) groups is 3. The molecule has 1 aromatic carbocycles. The van der Waals surface area contributed by atoms with Crippen molar-refractivity contribution < 1.29 is 24.2 Å². The van der Waals surface area contributed by atoms with Gasteiger partial charge >= 0.3 is 5.97 Å². The van der Waals surface area contributed by atoms with Gasteiger partial charge < -0.3 is 24.5 Å². The minimum Gasteiger partial charge on any atom is -0.493 e.